The fourth-order valence-electron chi connectivity index (χ4n) is 2.82. The summed E-state index contributed by atoms with van der Waals surface area (Å²) in [4.78, 5) is 23.0. The van der Waals surface area contributed by atoms with Crippen molar-refractivity contribution in [2.24, 2.45) is 0 Å². The fourth-order valence-corrected chi connectivity index (χ4v) is 3.51. The Morgan fingerprint density at radius 2 is 2.12 bits per heavy atom. The van der Waals surface area contributed by atoms with E-state index in [2.05, 4.69) is 5.32 Å². The Bertz CT molecular complexity index is 558. The Morgan fingerprint density at radius 1 is 1.38 bits per heavy atom. The third-order valence-electron chi connectivity index (χ3n) is 4.01. The number of nitrogens with one attached hydrogen (secondary N) is 1. The van der Waals surface area contributed by atoms with Crippen LogP contribution in [0.3, 0.4) is 0 Å². The van der Waals surface area contributed by atoms with Gasteiger partial charge in [0.1, 0.15) is 6.10 Å². The number of carbonyl (C=O) groups is 2. The number of carboxylic acid groups (broad SMARTS) is 1. The Hall–Kier alpha value is -1.53. The van der Waals surface area contributed by atoms with Gasteiger partial charge in [0.25, 0.3) is 5.91 Å². The molecule has 1 amide bonds. The summed E-state index contributed by atoms with van der Waals surface area (Å²) >= 11 is 1.34. The van der Waals surface area contributed by atoms with Gasteiger partial charge in [0.2, 0.25) is 0 Å². The maximum atomic E-state index is 12.4. The van der Waals surface area contributed by atoms with Crippen LogP contribution in [0.25, 0.3) is 0 Å². The number of thioether (sulfide) groups is 1. The van der Waals surface area contributed by atoms with Crippen LogP contribution in [-0.2, 0) is 20.1 Å². The lowest BCUT2D eigenvalue weighted by atomic mass is 10.2. The standard InChI is InChI=1S/C18H25NO4S/c1-2-16(23-15-8-3-4-9-15)18(22)19-14-7-5-6-13(10-14)11-24-12-17(20)21/h5-7,10,15-16H,2-4,8-9,11-12H2,1H3,(H,19,22)(H,20,21). The molecule has 6 heteroatoms. The predicted octanol–water partition coefficient (Wildman–Crippen LogP) is 3.68. The molecule has 1 aliphatic rings. The van der Waals surface area contributed by atoms with Gasteiger partial charge in [-0.1, -0.05) is 31.9 Å². The largest absolute Gasteiger partial charge is 0.481 e. The van der Waals surface area contributed by atoms with E-state index < -0.39 is 12.1 Å². The number of anilines is 1. The number of rotatable bonds is 9. The van der Waals surface area contributed by atoms with Crippen LogP contribution in [0.4, 0.5) is 5.69 Å². The van der Waals surface area contributed by atoms with Crippen molar-refractivity contribution in [1.82, 2.24) is 0 Å². The van der Waals surface area contributed by atoms with Crippen molar-refractivity contribution in [3.8, 4) is 0 Å². The molecule has 1 fully saturated rings. The van der Waals surface area contributed by atoms with Crippen LogP contribution in [0.2, 0.25) is 0 Å². The maximum absolute atomic E-state index is 12.4. The molecule has 0 bridgehead atoms. The summed E-state index contributed by atoms with van der Waals surface area (Å²) in [6.07, 6.45) is 4.88. The molecule has 1 aromatic rings. The number of ether oxygens (including phenoxy) is 1. The maximum Gasteiger partial charge on any atom is 0.313 e. The summed E-state index contributed by atoms with van der Waals surface area (Å²) in [5.74, 6) is -0.255. The van der Waals surface area contributed by atoms with E-state index in [9.17, 15) is 9.59 Å². The summed E-state index contributed by atoms with van der Waals surface area (Å²) < 4.78 is 5.93. The second-order valence-corrected chi connectivity index (χ2v) is 7.00. The Labute approximate surface area is 147 Å². The average molecular weight is 351 g/mol. The molecule has 24 heavy (non-hydrogen) atoms. The van der Waals surface area contributed by atoms with Gasteiger partial charge in [0.05, 0.1) is 11.9 Å². The molecule has 0 aromatic heterocycles. The predicted molar refractivity (Wildman–Crippen MR) is 96.3 cm³/mol. The number of aliphatic carboxylic acids is 1. The summed E-state index contributed by atoms with van der Waals surface area (Å²) in [5, 5.41) is 11.6. The van der Waals surface area contributed by atoms with Crippen LogP contribution in [-0.4, -0.2) is 34.9 Å². The fraction of sp³-hybridized carbons (Fsp3) is 0.556. The zero-order chi connectivity index (χ0) is 17.4. The van der Waals surface area contributed by atoms with Gasteiger partial charge < -0.3 is 15.2 Å². The van der Waals surface area contributed by atoms with Gasteiger partial charge in [-0.2, -0.15) is 0 Å². The molecule has 1 atom stereocenters. The van der Waals surface area contributed by atoms with Crippen LogP contribution < -0.4 is 5.32 Å². The first-order chi connectivity index (χ1) is 11.6. The molecule has 2 N–H and O–H groups in total. The minimum atomic E-state index is -0.820. The SMILES string of the molecule is CCC(OC1CCCC1)C(=O)Nc1cccc(CSCC(=O)O)c1. The molecule has 0 heterocycles. The van der Waals surface area contributed by atoms with Gasteiger partial charge in [-0.05, 0) is 37.0 Å². The molecule has 0 radical (unpaired) electrons. The topological polar surface area (TPSA) is 75.6 Å². The molecular formula is C18H25NO4S. The summed E-state index contributed by atoms with van der Waals surface area (Å²) in [6, 6.07) is 7.52. The summed E-state index contributed by atoms with van der Waals surface area (Å²) in [6.45, 7) is 1.96. The van der Waals surface area contributed by atoms with Crippen LogP contribution in [0.1, 0.15) is 44.6 Å². The highest BCUT2D eigenvalue weighted by molar-refractivity contribution is 7.99. The first kappa shape index (κ1) is 18.8. The van der Waals surface area contributed by atoms with Gasteiger partial charge in [-0.3, -0.25) is 9.59 Å². The molecule has 1 aliphatic carbocycles. The molecule has 1 aromatic carbocycles. The molecule has 2 rings (SSSR count). The normalized spacial score (nSPS) is 16.0. The summed E-state index contributed by atoms with van der Waals surface area (Å²) in [7, 11) is 0. The van der Waals surface area contributed by atoms with Gasteiger partial charge >= 0.3 is 5.97 Å². The van der Waals surface area contributed by atoms with E-state index in [0.717, 1.165) is 24.1 Å². The van der Waals surface area contributed by atoms with Crippen molar-refractivity contribution in [1.29, 1.82) is 0 Å². The van der Waals surface area contributed by atoms with E-state index in [0.29, 0.717) is 12.2 Å². The molecule has 0 aliphatic heterocycles. The number of hydrogen-bond donors (Lipinski definition) is 2. The quantitative estimate of drug-likeness (QED) is 0.710. The lowest BCUT2D eigenvalue weighted by Gasteiger charge is -2.20. The minimum Gasteiger partial charge on any atom is -0.481 e. The monoisotopic (exact) mass is 351 g/mol. The first-order valence-electron chi connectivity index (χ1n) is 8.43. The van der Waals surface area contributed by atoms with Crippen molar-refractivity contribution < 1.29 is 19.4 Å². The molecular weight excluding hydrogens is 326 g/mol. The zero-order valence-corrected chi connectivity index (χ0v) is 14.8. The molecule has 5 nitrogen and oxygen atoms in total. The highest BCUT2D eigenvalue weighted by atomic mass is 32.2. The number of benzene rings is 1. The van der Waals surface area contributed by atoms with Crippen LogP contribution in [0, 0.1) is 0 Å². The third kappa shape index (κ3) is 6.17. The van der Waals surface area contributed by atoms with Crippen molar-refractivity contribution >= 4 is 29.3 Å². The molecule has 1 saturated carbocycles. The van der Waals surface area contributed by atoms with E-state index >= 15 is 0 Å². The van der Waals surface area contributed by atoms with Crippen LogP contribution in [0.5, 0.6) is 0 Å². The molecule has 0 saturated heterocycles. The second kappa shape index (κ2) is 9.69. The third-order valence-corrected chi connectivity index (χ3v) is 5.00. The Morgan fingerprint density at radius 3 is 2.79 bits per heavy atom. The number of hydrogen-bond acceptors (Lipinski definition) is 4. The van der Waals surface area contributed by atoms with Crippen molar-refractivity contribution in [3.63, 3.8) is 0 Å². The highest BCUT2D eigenvalue weighted by Gasteiger charge is 2.24. The highest BCUT2D eigenvalue weighted by Crippen LogP contribution is 2.23. The lowest BCUT2D eigenvalue weighted by Crippen LogP contribution is -2.32. The molecule has 132 valence electrons. The molecule has 0 spiro atoms. The van der Waals surface area contributed by atoms with Crippen molar-refractivity contribution in [2.75, 3.05) is 11.1 Å². The first-order valence-corrected chi connectivity index (χ1v) is 9.58. The van der Waals surface area contributed by atoms with Gasteiger partial charge in [-0.15, -0.1) is 11.8 Å². The zero-order valence-electron chi connectivity index (χ0n) is 14.0. The number of amides is 1. The van der Waals surface area contributed by atoms with Gasteiger partial charge in [-0.25, -0.2) is 0 Å². The van der Waals surface area contributed by atoms with E-state index in [1.807, 2.05) is 31.2 Å². The van der Waals surface area contributed by atoms with Gasteiger partial charge in [0, 0.05) is 11.4 Å². The number of carbonyl (C=O) groups excluding carboxylic acids is 1. The lowest BCUT2D eigenvalue weighted by molar-refractivity contribution is -0.134. The second-order valence-electron chi connectivity index (χ2n) is 6.02. The van der Waals surface area contributed by atoms with Crippen LogP contribution >= 0.6 is 11.8 Å². The van der Waals surface area contributed by atoms with Crippen LogP contribution in [0.15, 0.2) is 24.3 Å². The van der Waals surface area contributed by atoms with E-state index in [1.54, 1.807) is 0 Å². The van der Waals surface area contributed by atoms with E-state index in [4.69, 9.17) is 9.84 Å². The minimum absolute atomic E-state index is 0.0731. The van der Waals surface area contributed by atoms with Crippen molar-refractivity contribution in [2.45, 2.75) is 57.0 Å². The average Bonchev–Trinajstić information content (AvgIpc) is 3.05. The Kier molecular flexibility index (Phi) is 7.59. The Balaban J connectivity index is 1.88. The number of carboxylic acids is 1. The molecule has 1 unspecified atom stereocenters. The van der Waals surface area contributed by atoms with Crippen molar-refractivity contribution in [3.05, 3.63) is 29.8 Å². The smallest absolute Gasteiger partial charge is 0.313 e. The van der Waals surface area contributed by atoms with E-state index in [1.165, 1.54) is 24.6 Å². The van der Waals surface area contributed by atoms with Gasteiger partial charge in [0.15, 0.2) is 0 Å². The van der Waals surface area contributed by atoms with E-state index in [-0.39, 0.29) is 17.8 Å². The summed E-state index contributed by atoms with van der Waals surface area (Å²) in [5.41, 5.74) is 1.71.